The second-order valence-electron chi connectivity index (χ2n) is 9.29. The number of piperidine rings is 1. The number of carbonyl (C=O) groups is 1. The topological polar surface area (TPSA) is 101 Å². The molecule has 1 amide bonds. The van der Waals surface area contributed by atoms with Gasteiger partial charge >= 0.3 is 0 Å². The lowest BCUT2D eigenvalue weighted by Gasteiger charge is -2.33. The van der Waals surface area contributed by atoms with Crippen molar-refractivity contribution in [3.8, 4) is 5.75 Å². The maximum absolute atomic E-state index is 14.1. The number of nitrogens with one attached hydrogen (secondary N) is 2. The summed E-state index contributed by atoms with van der Waals surface area (Å²) in [6.45, 7) is 4.54. The first-order valence-corrected chi connectivity index (χ1v) is 12.3. The molecule has 0 spiro atoms. The Labute approximate surface area is 213 Å². The van der Waals surface area contributed by atoms with Crippen LogP contribution in [0.15, 0.2) is 45.3 Å². The van der Waals surface area contributed by atoms with Crippen molar-refractivity contribution in [3.63, 3.8) is 0 Å². The van der Waals surface area contributed by atoms with E-state index >= 15 is 0 Å². The summed E-state index contributed by atoms with van der Waals surface area (Å²) in [5, 5.41) is 21.6. The number of amides is 1. The lowest BCUT2D eigenvalue weighted by atomic mass is 10.1. The maximum atomic E-state index is 14.1. The number of carbonyl (C=O) groups excluding carboxylic acids is 1. The van der Waals surface area contributed by atoms with Crippen LogP contribution < -0.4 is 10.1 Å². The van der Waals surface area contributed by atoms with Crippen LogP contribution in [0.3, 0.4) is 0 Å². The molecule has 0 bridgehead atoms. The van der Waals surface area contributed by atoms with E-state index in [4.69, 9.17) is 21.7 Å². The van der Waals surface area contributed by atoms with Gasteiger partial charge in [0.1, 0.15) is 30.2 Å². The molecule has 0 aromatic heterocycles. The fourth-order valence-electron chi connectivity index (χ4n) is 4.56. The SMILES string of the molecule is CC1=N/C(=C2\CN(C(=O)c3ccc(F)cc3OC3CCN(CC(O)CF)CC3)CC2=N)NC(C)=C1Cl. The third-order valence-electron chi connectivity index (χ3n) is 6.52. The molecule has 0 saturated carbocycles. The quantitative estimate of drug-likeness (QED) is 0.533. The molecular weight excluding hydrogens is 492 g/mol. The summed E-state index contributed by atoms with van der Waals surface area (Å²) in [4.78, 5) is 21.3. The van der Waals surface area contributed by atoms with Gasteiger partial charge in [-0.3, -0.25) is 4.79 Å². The number of aliphatic imine (C=N–C) groups is 1. The van der Waals surface area contributed by atoms with E-state index in [0.29, 0.717) is 48.1 Å². The van der Waals surface area contributed by atoms with E-state index in [1.54, 1.807) is 6.92 Å². The number of nitrogens with zero attached hydrogens (tertiary/aromatic N) is 3. The zero-order valence-corrected chi connectivity index (χ0v) is 21.0. The number of rotatable bonds is 6. The second-order valence-corrected chi connectivity index (χ2v) is 9.67. The molecule has 11 heteroatoms. The minimum Gasteiger partial charge on any atom is -0.489 e. The van der Waals surface area contributed by atoms with Crippen molar-refractivity contribution in [3.05, 3.63) is 51.7 Å². The normalized spacial score (nSPS) is 22.6. The molecule has 8 nitrogen and oxygen atoms in total. The predicted molar refractivity (Wildman–Crippen MR) is 134 cm³/mol. The lowest BCUT2D eigenvalue weighted by molar-refractivity contribution is 0.0505. The summed E-state index contributed by atoms with van der Waals surface area (Å²) in [5.41, 5.74) is 2.44. The zero-order valence-electron chi connectivity index (χ0n) is 20.3. The van der Waals surface area contributed by atoms with Crippen LogP contribution in [-0.4, -0.2) is 83.8 Å². The van der Waals surface area contributed by atoms with Crippen LogP contribution in [0.1, 0.15) is 37.0 Å². The molecule has 2 saturated heterocycles. The standard InChI is InChI=1S/C25H30ClF2N5O3/c1-14-23(26)15(2)31-24(30-14)20-12-33(13-21(20)29)25(35)19-4-3-16(28)9-22(19)36-18-5-7-32(8-6-18)11-17(34)10-27/h3-4,9,17-18,29-30,34H,5-8,10-13H2,1-2H3/b24-20+,29-21?. The molecule has 3 heterocycles. The minimum absolute atomic E-state index is 0.0938. The fraction of sp³-hybridized carbons (Fsp3) is 0.480. The second kappa shape index (κ2) is 11.1. The van der Waals surface area contributed by atoms with Crippen LogP contribution >= 0.6 is 11.6 Å². The van der Waals surface area contributed by atoms with Crippen LogP contribution in [0.2, 0.25) is 0 Å². The molecular formula is C25H30ClF2N5O3. The molecule has 3 aliphatic heterocycles. The molecule has 194 valence electrons. The van der Waals surface area contributed by atoms with Gasteiger partial charge in [0.05, 0.1) is 41.2 Å². The van der Waals surface area contributed by atoms with Gasteiger partial charge in [-0.15, -0.1) is 0 Å². The number of allylic oxidation sites excluding steroid dienone is 2. The molecule has 1 aromatic carbocycles. The Kier molecular flexibility index (Phi) is 8.07. The van der Waals surface area contributed by atoms with E-state index in [1.165, 1.54) is 23.1 Å². The van der Waals surface area contributed by atoms with Crippen LogP contribution in [0.5, 0.6) is 5.75 Å². The Morgan fingerprint density at radius 2 is 2.06 bits per heavy atom. The van der Waals surface area contributed by atoms with Crippen molar-refractivity contribution in [1.82, 2.24) is 15.1 Å². The van der Waals surface area contributed by atoms with Gasteiger partial charge in [0, 0.05) is 37.0 Å². The average molecular weight is 522 g/mol. The smallest absolute Gasteiger partial charge is 0.258 e. The van der Waals surface area contributed by atoms with Crippen molar-refractivity contribution in [1.29, 1.82) is 5.41 Å². The Hall–Kier alpha value is -2.82. The van der Waals surface area contributed by atoms with Crippen molar-refractivity contribution in [2.45, 2.75) is 38.9 Å². The van der Waals surface area contributed by atoms with Crippen LogP contribution in [0.25, 0.3) is 0 Å². The number of ether oxygens (including phenoxy) is 1. The highest BCUT2D eigenvalue weighted by Crippen LogP contribution is 2.29. The van der Waals surface area contributed by atoms with Crippen LogP contribution in [-0.2, 0) is 0 Å². The summed E-state index contributed by atoms with van der Waals surface area (Å²) in [6, 6.07) is 3.83. The number of likely N-dealkylation sites (tertiary alicyclic amines) is 2. The first kappa shape index (κ1) is 26.2. The molecule has 3 N–H and O–H groups in total. The molecule has 0 aliphatic carbocycles. The minimum atomic E-state index is -1.01. The van der Waals surface area contributed by atoms with E-state index in [1.807, 2.05) is 11.8 Å². The number of β-amino-alcohol motifs (C(OH)–C–C–N with tert-alkyl or cyclic N) is 1. The van der Waals surface area contributed by atoms with E-state index < -0.39 is 18.6 Å². The van der Waals surface area contributed by atoms with Gasteiger partial charge in [-0.05, 0) is 38.8 Å². The summed E-state index contributed by atoms with van der Waals surface area (Å²) in [7, 11) is 0. The molecule has 4 rings (SSSR count). The van der Waals surface area contributed by atoms with Gasteiger partial charge in [-0.25, -0.2) is 13.8 Å². The Morgan fingerprint density at radius 3 is 2.72 bits per heavy atom. The highest BCUT2D eigenvalue weighted by molar-refractivity contribution is 6.43. The average Bonchev–Trinajstić information content (AvgIpc) is 3.24. The number of hydrogen-bond donors (Lipinski definition) is 3. The first-order valence-electron chi connectivity index (χ1n) is 11.9. The highest BCUT2D eigenvalue weighted by atomic mass is 35.5. The molecule has 1 unspecified atom stereocenters. The third-order valence-corrected chi connectivity index (χ3v) is 7.07. The van der Waals surface area contributed by atoms with Crippen molar-refractivity contribution >= 4 is 28.9 Å². The molecule has 36 heavy (non-hydrogen) atoms. The predicted octanol–water partition coefficient (Wildman–Crippen LogP) is 3.22. The van der Waals surface area contributed by atoms with E-state index in [0.717, 1.165) is 5.70 Å². The highest BCUT2D eigenvalue weighted by Gasteiger charge is 2.32. The summed E-state index contributed by atoms with van der Waals surface area (Å²) in [6.07, 6.45) is -0.0439. The summed E-state index contributed by atoms with van der Waals surface area (Å²) in [5.74, 6) is -0.229. The first-order chi connectivity index (χ1) is 17.2. The number of benzene rings is 1. The number of alkyl halides is 1. The van der Waals surface area contributed by atoms with Crippen molar-refractivity contribution < 1.29 is 23.4 Å². The van der Waals surface area contributed by atoms with Gasteiger partial charge < -0.3 is 30.4 Å². The molecule has 3 aliphatic rings. The number of halogens is 3. The maximum Gasteiger partial charge on any atom is 0.258 e. The van der Waals surface area contributed by atoms with Gasteiger partial charge in [0.2, 0.25) is 0 Å². The van der Waals surface area contributed by atoms with Crippen molar-refractivity contribution in [2.24, 2.45) is 4.99 Å². The Morgan fingerprint density at radius 1 is 1.33 bits per heavy atom. The number of aliphatic hydroxyl groups excluding tert-OH is 1. The molecule has 0 radical (unpaired) electrons. The summed E-state index contributed by atoms with van der Waals surface area (Å²) >= 11 is 6.20. The fourth-order valence-corrected chi connectivity index (χ4v) is 4.65. The van der Waals surface area contributed by atoms with Crippen LogP contribution in [0, 0.1) is 11.2 Å². The van der Waals surface area contributed by atoms with Gasteiger partial charge in [0.15, 0.2) is 0 Å². The number of aliphatic hydroxyl groups is 1. The van der Waals surface area contributed by atoms with Crippen molar-refractivity contribution in [2.75, 3.05) is 39.4 Å². The van der Waals surface area contributed by atoms with Gasteiger partial charge in [-0.1, -0.05) is 11.6 Å². The zero-order chi connectivity index (χ0) is 26.0. The van der Waals surface area contributed by atoms with E-state index in [9.17, 15) is 18.7 Å². The lowest BCUT2D eigenvalue weighted by Crippen LogP contribution is -2.42. The Bertz CT molecular complexity index is 1140. The summed E-state index contributed by atoms with van der Waals surface area (Å²) < 4.78 is 32.8. The third kappa shape index (κ3) is 5.77. The van der Waals surface area contributed by atoms with Crippen LogP contribution in [0.4, 0.5) is 8.78 Å². The molecule has 2 fully saturated rings. The van der Waals surface area contributed by atoms with Gasteiger partial charge in [-0.2, -0.15) is 0 Å². The monoisotopic (exact) mass is 521 g/mol. The Balaban J connectivity index is 1.47. The molecule has 1 aromatic rings. The van der Waals surface area contributed by atoms with Gasteiger partial charge in [0.25, 0.3) is 5.91 Å². The molecule has 1 atom stereocenters. The number of hydrogen-bond acceptors (Lipinski definition) is 7. The van der Waals surface area contributed by atoms with E-state index in [-0.39, 0.29) is 48.7 Å². The largest absolute Gasteiger partial charge is 0.489 e. The van der Waals surface area contributed by atoms with E-state index in [2.05, 4.69) is 10.3 Å².